The third-order valence-corrected chi connectivity index (χ3v) is 4.09. The van der Waals surface area contributed by atoms with Crippen molar-refractivity contribution in [3.8, 4) is 0 Å². The van der Waals surface area contributed by atoms with Crippen LogP contribution in [0.2, 0.25) is 0 Å². The van der Waals surface area contributed by atoms with Gasteiger partial charge in [-0.1, -0.05) is 40.0 Å². The second kappa shape index (κ2) is 6.54. The molecule has 1 aliphatic carbocycles. The monoisotopic (exact) mass is 294 g/mol. The fraction of sp³-hybridized carbons (Fsp3) is 0.867. The summed E-state index contributed by atoms with van der Waals surface area (Å²) in [5.74, 6) is 0.463. The van der Waals surface area contributed by atoms with E-state index in [0.717, 1.165) is 25.1 Å². The average molecular weight is 294 g/mol. The van der Waals surface area contributed by atoms with E-state index in [1.54, 1.807) is 4.68 Å². The molecule has 1 aromatic heterocycles. The van der Waals surface area contributed by atoms with Crippen LogP contribution >= 0.6 is 0 Å². The molecule has 0 saturated heterocycles. The normalized spacial score (nSPS) is 18.6. The van der Waals surface area contributed by atoms with Gasteiger partial charge in [0.2, 0.25) is 0 Å². The summed E-state index contributed by atoms with van der Waals surface area (Å²) in [5.41, 5.74) is 0.0376. The van der Waals surface area contributed by atoms with Crippen molar-refractivity contribution in [2.24, 2.45) is 5.41 Å². The van der Waals surface area contributed by atoms with Crippen LogP contribution < -0.4 is 0 Å². The number of carboxylic acids is 1. The van der Waals surface area contributed by atoms with Gasteiger partial charge in [-0.2, -0.15) is 0 Å². The first-order chi connectivity index (χ1) is 9.87. The molecule has 0 aliphatic heterocycles. The molecular formula is C15H26N4O2. The molecule has 118 valence electrons. The highest BCUT2D eigenvalue weighted by Crippen LogP contribution is 2.35. The Balaban J connectivity index is 2.23. The Hall–Kier alpha value is -1.46. The molecule has 1 heterocycles. The summed E-state index contributed by atoms with van der Waals surface area (Å²) >= 11 is 0. The molecule has 21 heavy (non-hydrogen) atoms. The predicted molar refractivity (Wildman–Crippen MR) is 79.0 cm³/mol. The summed E-state index contributed by atoms with van der Waals surface area (Å²) in [7, 11) is 0. The minimum Gasteiger partial charge on any atom is -0.481 e. The lowest BCUT2D eigenvalue weighted by Gasteiger charge is -2.27. The van der Waals surface area contributed by atoms with E-state index in [1.165, 1.54) is 19.3 Å². The van der Waals surface area contributed by atoms with Gasteiger partial charge in [0.25, 0.3) is 0 Å². The number of carboxylic acid groups (broad SMARTS) is 1. The van der Waals surface area contributed by atoms with Crippen molar-refractivity contribution in [2.45, 2.75) is 77.7 Å². The van der Waals surface area contributed by atoms with Crippen LogP contribution in [0.3, 0.4) is 0 Å². The fourth-order valence-corrected chi connectivity index (χ4v) is 3.24. The molecule has 1 fully saturated rings. The summed E-state index contributed by atoms with van der Waals surface area (Å²) in [6.07, 6.45) is 6.73. The molecule has 0 radical (unpaired) electrons. The van der Waals surface area contributed by atoms with Gasteiger partial charge < -0.3 is 5.11 Å². The van der Waals surface area contributed by atoms with E-state index >= 15 is 0 Å². The third-order valence-electron chi connectivity index (χ3n) is 4.09. The van der Waals surface area contributed by atoms with Crippen molar-refractivity contribution in [1.29, 1.82) is 0 Å². The maximum absolute atomic E-state index is 11.2. The van der Waals surface area contributed by atoms with Crippen LogP contribution in [-0.2, 0) is 4.79 Å². The van der Waals surface area contributed by atoms with Gasteiger partial charge >= 0.3 is 5.97 Å². The van der Waals surface area contributed by atoms with E-state index in [0.29, 0.717) is 5.92 Å². The van der Waals surface area contributed by atoms with E-state index in [1.807, 2.05) is 0 Å². The largest absolute Gasteiger partial charge is 0.481 e. The van der Waals surface area contributed by atoms with Crippen LogP contribution in [0.15, 0.2) is 0 Å². The first-order valence-electron chi connectivity index (χ1n) is 7.86. The Morgan fingerprint density at radius 3 is 2.57 bits per heavy atom. The SMILES string of the molecule is CC(C)(C)CC(CC(=O)O)n1nnnc1C1CCCCC1. The van der Waals surface area contributed by atoms with Crippen LogP contribution in [0.25, 0.3) is 0 Å². The lowest BCUT2D eigenvalue weighted by Crippen LogP contribution is -2.24. The topological polar surface area (TPSA) is 80.9 Å². The molecule has 1 N–H and O–H groups in total. The Morgan fingerprint density at radius 2 is 2.00 bits per heavy atom. The van der Waals surface area contributed by atoms with Crippen molar-refractivity contribution in [1.82, 2.24) is 20.2 Å². The quantitative estimate of drug-likeness (QED) is 0.902. The molecule has 0 bridgehead atoms. The molecular weight excluding hydrogens is 268 g/mol. The highest BCUT2D eigenvalue weighted by molar-refractivity contribution is 5.67. The Bertz CT molecular complexity index is 472. The molecule has 1 aromatic rings. The molecule has 6 heteroatoms. The first-order valence-corrected chi connectivity index (χ1v) is 7.86. The number of aromatic nitrogens is 4. The van der Waals surface area contributed by atoms with Gasteiger partial charge in [-0.3, -0.25) is 4.79 Å². The Labute approximate surface area is 125 Å². The summed E-state index contributed by atoms with van der Waals surface area (Å²) in [4.78, 5) is 11.2. The molecule has 0 aromatic carbocycles. The van der Waals surface area contributed by atoms with Gasteiger partial charge in [0.1, 0.15) is 0 Å². The standard InChI is InChI=1S/C15H26N4O2/c1-15(2,3)10-12(9-13(20)21)19-14(16-17-18-19)11-7-5-4-6-8-11/h11-12H,4-10H2,1-3H3,(H,20,21). The summed E-state index contributed by atoms with van der Waals surface area (Å²) in [6, 6.07) is -0.172. The maximum atomic E-state index is 11.2. The number of aliphatic carboxylic acids is 1. The first kappa shape index (κ1) is 15.9. The van der Waals surface area contributed by atoms with Gasteiger partial charge in [-0.25, -0.2) is 4.68 Å². The van der Waals surface area contributed by atoms with Gasteiger partial charge in [0.15, 0.2) is 5.82 Å². The molecule has 2 rings (SSSR count). The molecule has 6 nitrogen and oxygen atoms in total. The maximum Gasteiger partial charge on any atom is 0.305 e. The Kier molecular flexibility index (Phi) is 4.96. The van der Waals surface area contributed by atoms with E-state index < -0.39 is 5.97 Å². The lowest BCUT2D eigenvalue weighted by molar-refractivity contribution is -0.138. The van der Waals surface area contributed by atoms with Crippen molar-refractivity contribution < 1.29 is 9.90 Å². The van der Waals surface area contributed by atoms with Crippen LogP contribution in [-0.4, -0.2) is 31.3 Å². The van der Waals surface area contributed by atoms with Gasteiger partial charge in [-0.05, 0) is 35.1 Å². The predicted octanol–water partition coefficient (Wildman–Crippen LogP) is 3.17. The molecule has 0 spiro atoms. The van der Waals surface area contributed by atoms with Crippen LogP contribution in [0.5, 0.6) is 0 Å². The highest BCUT2D eigenvalue weighted by Gasteiger charge is 2.29. The number of hydrogen-bond acceptors (Lipinski definition) is 4. The Morgan fingerprint density at radius 1 is 1.33 bits per heavy atom. The van der Waals surface area contributed by atoms with E-state index in [-0.39, 0.29) is 17.9 Å². The van der Waals surface area contributed by atoms with Crippen LogP contribution in [0, 0.1) is 5.41 Å². The molecule has 1 atom stereocenters. The van der Waals surface area contributed by atoms with Crippen molar-refractivity contribution in [3.05, 3.63) is 5.82 Å². The van der Waals surface area contributed by atoms with Gasteiger partial charge in [0.05, 0.1) is 12.5 Å². The van der Waals surface area contributed by atoms with Crippen molar-refractivity contribution >= 4 is 5.97 Å². The van der Waals surface area contributed by atoms with Crippen LogP contribution in [0.4, 0.5) is 0 Å². The second-order valence-corrected chi connectivity index (χ2v) is 7.33. The second-order valence-electron chi connectivity index (χ2n) is 7.33. The highest BCUT2D eigenvalue weighted by atomic mass is 16.4. The number of nitrogens with zero attached hydrogens (tertiary/aromatic N) is 4. The van der Waals surface area contributed by atoms with Crippen LogP contribution in [0.1, 0.15) is 83.5 Å². The zero-order valence-corrected chi connectivity index (χ0v) is 13.2. The lowest BCUT2D eigenvalue weighted by atomic mass is 9.85. The third kappa shape index (κ3) is 4.51. The number of carbonyl (C=O) groups is 1. The van der Waals surface area contributed by atoms with Gasteiger partial charge in [0, 0.05) is 5.92 Å². The number of hydrogen-bond donors (Lipinski definition) is 1. The van der Waals surface area contributed by atoms with E-state index in [9.17, 15) is 9.90 Å². The van der Waals surface area contributed by atoms with Gasteiger partial charge in [-0.15, -0.1) is 5.10 Å². The molecule has 1 aliphatic rings. The zero-order chi connectivity index (χ0) is 15.5. The minimum absolute atomic E-state index is 0.0376. The van der Waals surface area contributed by atoms with E-state index in [4.69, 9.17) is 0 Å². The summed E-state index contributed by atoms with van der Waals surface area (Å²) in [5, 5.41) is 21.4. The van der Waals surface area contributed by atoms with Crippen molar-refractivity contribution in [3.63, 3.8) is 0 Å². The summed E-state index contributed by atoms with van der Waals surface area (Å²) in [6.45, 7) is 6.35. The number of tetrazole rings is 1. The zero-order valence-electron chi connectivity index (χ0n) is 13.2. The number of rotatable bonds is 5. The molecule has 1 saturated carbocycles. The van der Waals surface area contributed by atoms with Crippen molar-refractivity contribution in [2.75, 3.05) is 0 Å². The minimum atomic E-state index is -0.797. The average Bonchev–Trinajstić information content (AvgIpc) is 2.86. The molecule has 0 amide bonds. The molecule has 1 unspecified atom stereocenters. The fourth-order valence-electron chi connectivity index (χ4n) is 3.24. The smallest absolute Gasteiger partial charge is 0.305 e. The summed E-state index contributed by atoms with van der Waals surface area (Å²) < 4.78 is 1.79. The van der Waals surface area contributed by atoms with E-state index in [2.05, 4.69) is 36.3 Å².